The number of hydrogen-bond donors (Lipinski definition) is 0. The van der Waals surface area contributed by atoms with Gasteiger partial charge in [0.15, 0.2) is 5.78 Å². The summed E-state index contributed by atoms with van der Waals surface area (Å²) in [4.78, 5) is 24.6. The molecular weight excluding hydrogens is 456 g/mol. The standard InChI is InChI=1S/C30H40O6/c1-7-10-23-19-24(28(34-18-9-3)20-27(23)33-17-8-2)13-16-26(31)22-11-14-25(15-12-22)35-21-36-29(32)30(4,5)6/h11-16,19-20H,7-10,17-18,21H2,1-6H3/b16-13+. The van der Waals surface area contributed by atoms with E-state index in [1.54, 1.807) is 57.2 Å². The first-order chi connectivity index (χ1) is 17.2. The number of benzene rings is 2. The number of carbonyl (C=O) groups is 2. The first-order valence-electron chi connectivity index (χ1n) is 12.7. The van der Waals surface area contributed by atoms with Crippen molar-refractivity contribution < 1.29 is 28.5 Å². The number of ether oxygens (including phenoxy) is 4. The molecule has 6 heteroatoms. The van der Waals surface area contributed by atoms with Gasteiger partial charge in [0.2, 0.25) is 6.79 Å². The van der Waals surface area contributed by atoms with Crippen LogP contribution in [0.2, 0.25) is 0 Å². The predicted molar refractivity (Wildman–Crippen MR) is 143 cm³/mol. The largest absolute Gasteiger partial charge is 0.493 e. The molecule has 196 valence electrons. The lowest BCUT2D eigenvalue weighted by molar-refractivity contribution is -0.159. The molecule has 0 radical (unpaired) electrons. The third-order valence-corrected chi connectivity index (χ3v) is 5.22. The first kappa shape index (κ1) is 29.0. The highest BCUT2D eigenvalue weighted by atomic mass is 16.7. The van der Waals surface area contributed by atoms with E-state index in [9.17, 15) is 9.59 Å². The van der Waals surface area contributed by atoms with Crippen LogP contribution in [0, 0.1) is 5.41 Å². The average Bonchev–Trinajstić information content (AvgIpc) is 2.85. The van der Waals surface area contributed by atoms with Crippen molar-refractivity contribution in [2.24, 2.45) is 5.41 Å². The minimum absolute atomic E-state index is 0.134. The van der Waals surface area contributed by atoms with Crippen molar-refractivity contribution in [2.45, 2.75) is 67.2 Å². The van der Waals surface area contributed by atoms with E-state index in [0.717, 1.165) is 42.6 Å². The van der Waals surface area contributed by atoms with Crippen LogP contribution in [0.3, 0.4) is 0 Å². The van der Waals surface area contributed by atoms with Crippen LogP contribution in [0.5, 0.6) is 17.2 Å². The van der Waals surface area contributed by atoms with Crippen molar-refractivity contribution in [3.63, 3.8) is 0 Å². The van der Waals surface area contributed by atoms with Gasteiger partial charge < -0.3 is 18.9 Å². The van der Waals surface area contributed by atoms with Gasteiger partial charge in [-0.15, -0.1) is 0 Å². The normalized spacial score (nSPS) is 11.4. The maximum absolute atomic E-state index is 12.8. The number of allylic oxidation sites excluding steroid dienone is 1. The third-order valence-electron chi connectivity index (χ3n) is 5.22. The van der Waals surface area contributed by atoms with Crippen LogP contribution in [0.25, 0.3) is 6.08 Å². The van der Waals surface area contributed by atoms with Gasteiger partial charge in [0.25, 0.3) is 0 Å². The summed E-state index contributed by atoms with van der Waals surface area (Å²) < 4.78 is 22.5. The Balaban J connectivity index is 2.14. The molecule has 0 N–H and O–H groups in total. The smallest absolute Gasteiger partial charge is 0.314 e. The molecule has 0 amide bonds. The Hall–Kier alpha value is -3.28. The molecule has 0 saturated carbocycles. The second kappa shape index (κ2) is 14.3. The molecule has 0 heterocycles. The highest BCUT2D eigenvalue weighted by Crippen LogP contribution is 2.32. The van der Waals surface area contributed by atoms with Crippen LogP contribution < -0.4 is 14.2 Å². The fourth-order valence-electron chi connectivity index (χ4n) is 3.25. The molecule has 0 aliphatic carbocycles. The summed E-state index contributed by atoms with van der Waals surface area (Å²) in [7, 11) is 0. The number of rotatable bonds is 14. The monoisotopic (exact) mass is 496 g/mol. The highest BCUT2D eigenvalue weighted by Gasteiger charge is 2.23. The predicted octanol–water partition coefficient (Wildman–Crippen LogP) is 7.04. The van der Waals surface area contributed by atoms with Crippen LogP contribution in [0.4, 0.5) is 0 Å². The molecule has 0 atom stereocenters. The maximum atomic E-state index is 12.8. The second-order valence-corrected chi connectivity index (χ2v) is 9.61. The van der Waals surface area contributed by atoms with Crippen LogP contribution in [-0.2, 0) is 16.0 Å². The number of hydrogen-bond acceptors (Lipinski definition) is 6. The number of carbonyl (C=O) groups excluding carboxylic acids is 2. The lowest BCUT2D eigenvalue weighted by Crippen LogP contribution is -2.24. The topological polar surface area (TPSA) is 71.1 Å². The van der Waals surface area contributed by atoms with E-state index < -0.39 is 5.41 Å². The number of ketones is 1. The van der Waals surface area contributed by atoms with E-state index in [4.69, 9.17) is 18.9 Å². The first-order valence-corrected chi connectivity index (χ1v) is 12.7. The van der Waals surface area contributed by atoms with E-state index in [1.165, 1.54) is 0 Å². The molecule has 2 aromatic carbocycles. The summed E-state index contributed by atoms with van der Waals surface area (Å²) in [6.45, 7) is 12.7. The zero-order chi connectivity index (χ0) is 26.6. The van der Waals surface area contributed by atoms with Gasteiger partial charge in [0, 0.05) is 17.2 Å². The maximum Gasteiger partial charge on any atom is 0.314 e. The summed E-state index contributed by atoms with van der Waals surface area (Å²) in [6, 6.07) is 10.7. The zero-order valence-electron chi connectivity index (χ0n) is 22.5. The lowest BCUT2D eigenvalue weighted by Gasteiger charge is -2.16. The summed E-state index contributed by atoms with van der Waals surface area (Å²) in [6.07, 6.45) is 7.04. The fraction of sp³-hybridized carbons (Fsp3) is 0.467. The molecule has 0 aromatic heterocycles. The molecule has 0 unspecified atom stereocenters. The van der Waals surface area contributed by atoms with Crippen molar-refractivity contribution in [3.8, 4) is 17.2 Å². The molecule has 2 rings (SSSR count). The minimum atomic E-state index is -0.590. The average molecular weight is 497 g/mol. The Morgan fingerprint density at radius 3 is 2.06 bits per heavy atom. The Morgan fingerprint density at radius 1 is 0.833 bits per heavy atom. The van der Waals surface area contributed by atoms with E-state index in [2.05, 4.69) is 26.8 Å². The molecule has 6 nitrogen and oxygen atoms in total. The van der Waals surface area contributed by atoms with Crippen molar-refractivity contribution >= 4 is 17.8 Å². The molecule has 2 aromatic rings. The number of aryl methyl sites for hydroxylation is 1. The summed E-state index contributed by atoms with van der Waals surface area (Å²) in [5.74, 6) is 1.59. The molecule has 0 aliphatic heterocycles. The fourth-order valence-corrected chi connectivity index (χ4v) is 3.25. The van der Waals surface area contributed by atoms with Crippen LogP contribution in [0.15, 0.2) is 42.5 Å². The SMILES string of the molecule is CCCOc1cc(OCCC)c(CCC)cc1/C=C/C(=O)c1ccc(OCOC(=O)C(C)(C)C)cc1. The van der Waals surface area contributed by atoms with Gasteiger partial charge in [-0.05, 0) is 88.1 Å². The Kier molecular flexibility index (Phi) is 11.5. The molecule has 36 heavy (non-hydrogen) atoms. The Morgan fingerprint density at radius 2 is 1.47 bits per heavy atom. The second-order valence-electron chi connectivity index (χ2n) is 9.61. The van der Waals surface area contributed by atoms with E-state index >= 15 is 0 Å². The van der Waals surface area contributed by atoms with Crippen LogP contribution in [0.1, 0.15) is 82.3 Å². The van der Waals surface area contributed by atoms with Crippen molar-refractivity contribution in [1.29, 1.82) is 0 Å². The Labute approximate surface area is 215 Å². The number of esters is 1. The minimum Gasteiger partial charge on any atom is -0.493 e. The Bertz CT molecular complexity index is 1010. The van der Waals surface area contributed by atoms with Crippen molar-refractivity contribution in [2.75, 3.05) is 20.0 Å². The lowest BCUT2D eigenvalue weighted by atomic mass is 9.98. The highest BCUT2D eigenvalue weighted by molar-refractivity contribution is 6.07. The van der Waals surface area contributed by atoms with Gasteiger partial charge in [-0.25, -0.2) is 0 Å². The van der Waals surface area contributed by atoms with E-state index in [1.807, 2.05) is 6.07 Å². The molecular formula is C30H40O6. The van der Waals surface area contributed by atoms with E-state index in [0.29, 0.717) is 30.3 Å². The van der Waals surface area contributed by atoms with Crippen molar-refractivity contribution in [1.82, 2.24) is 0 Å². The molecule has 0 fully saturated rings. The summed E-state index contributed by atoms with van der Waals surface area (Å²) in [5.41, 5.74) is 1.89. The van der Waals surface area contributed by atoms with Crippen LogP contribution >= 0.6 is 0 Å². The molecule has 0 aliphatic rings. The quantitative estimate of drug-likeness (QED) is 0.121. The third kappa shape index (κ3) is 9.06. The van der Waals surface area contributed by atoms with Gasteiger partial charge in [-0.2, -0.15) is 0 Å². The zero-order valence-corrected chi connectivity index (χ0v) is 22.5. The van der Waals surface area contributed by atoms with Gasteiger partial charge in [0.1, 0.15) is 17.2 Å². The van der Waals surface area contributed by atoms with Crippen LogP contribution in [-0.4, -0.2) is 31.8 Å². The molecule has 0 bridgehead atoms. The van der Waals surface area contributed by atoms with Gasteiger partial charge in [-0.3, -0.25) is 9.59 Å². The van der Waals surface area contributed by atoms with Gasteiger partial charge in [0.05, 0.1) is 18.6 Å². The van der Waals surface area contributed by atoms with Gasteiger partial charge in [-0.1, -0.05) is 27.2 Å². The van der Waals surface area contributed by atoms with Gasteiger partial charge >= 0.3 is 5.97 Å². The van der Waals surface area contributed by atoms with E-state index in [-0.39, 0.29) is 18.5 Å². The van der Waals surface area contributed by atoms with Crippen molar-refractivity contribution in [3.05, 3.63) is 59.2 Å². The molecule has 0 spiro atoms. The summed E-state index contributed by atoms with van der Waals surface area (Å²) in [5, 5.41) is 0. The summed E-state index contributed by atoms with van der Waals surface area (Å²) >= 11 is 0. The molecule has 0 saturated heterocycles.